The van der Waals surface area contributed by atoms with Gasteiger partial charge >= 0.3 is 11.9 Å². The Balaban J connectivity index is 3.61. The van der Waals surface area contributed by atoms with E-state index in [0.717, 1.165) is 25.7 Å². The molecule has 0 fully saturated rings. The van der Waals surface area contributed by atoms with E-state index in [-0.39, 0.29) is 0 Å². The average molecular weight is 497 g/mol. The highest BCUT2D eigenvalue weighted by molar-refractivity contribution is 5.99. The van der Waals surface area contributed by atoms with Crippen LogP contribution in [0.2, 0.25) is 0 Å². The molecule has 35 heavy (non-hydrogen) atoms. The van der Waals surface area contributed by atoms with Crippen LogP contribution in [0, 0.1) is 5.41 Å². The lowest BCUT2D eigenvalue weighted by Crippen LogP contribution is -2.37. The van der Waals surface area contributed by atoms with Crippen LogP contribution in [-0.4, -0.2) is 25.2 Å². The summed E-state index contributed by atoms with van der Waals surface area (Å²) < 4.78 is 10.8. The van der Waals surface area contributed by atoms with Crippen LogP contribution >= 0.6 is 0 Å². The Morgan fingerprint density at radius 1 is 0.429 bits per heavy atom. The van der Waals surface area contributed by atoms with E-state index >= 15 is 0 Å². The molecule has 0 rings (SSSR count). The second kappa shape index (κ2) is 24.6. The largest absolute Gasteiger partial charge is 0.465 e. The van der Waals surface area contributed by atoms with E-state index in [0.29, 0.717) is 13.2 Å². The summed E-state index contributed by atoms with van der Waals surface area (Å²) in [5, 5.41) is 0. The molecule has 0 bridgehead atoms. The van der Waals surface area contributed by atoms with Crippen LogP contribution in [0.1, 0.15) is 169 Å². The second-order valence-corrected chi connectivity index (χ2v) is 11.0. The maximum atomic E-state index is 12.4. The maximum Gasteiger partial charge on any atom is 0.322 e. The number of ether oxygens (including phenoxy) is 2. The smallest absolute Gasteiger partial charge is 0.322 e. The Morgan fingerprint density at radius 2 is 0.657 bits per heavy atom. The van der Waals surface area contributed by atoms with E-state index in [1.807, 2.05) is 0 Å². The average Bonchev–Trinajstić information content (AvgIpc) is 2.85. The van der Waals surface area contributed by atoms with Crippen molar-refractivity contribution in [1.29, 1.82) is 0 Å². The molecule has 0 atom stereocenters. The number of rotatable bonds is 26. The number of esters is 2. The molecule has 4 heteroatoms. The molecule has 0 aliphatic rings. The molecule has 208 valence electrons. The van der Waals surface area contributed by atoms with E-state index < -0.39 is 17.4 Å². The third-order valence-electron chi connectivity index (χ3n) is 6.98. The molecule has 4 nitrogen and oxygen atoms in total. The van der Waals surface area contributed by atoms with Crippen molar-refractivity contribution in [2.45, 2.75) is 169 Å². The normalized spacial score (nSPS) is 11.5. The molecule has 0 saturated heterocycles. The summed E-state index contributed by atoms with van der Waals surface area (Å²) in [6.07, 6.45) is 27.7. The van der Waals surface area contributed by atoms with Crippen molar-refractivity contribution >= 4 is 11.9 Å². The van der Waals surface area contributed by atoms with E-state index in [2.05, 4.69) is 13.8 Å². The first kappa shape index (κ1) is 33.9. The first-order valence-corrected chi connectivity index (χ1v) is 15.3. The molecule has 0 heterocycles. The lowest BCUT2D eigenvalue weighted by molar-refractivity contribution is -0.170. The molecular weight excluding hydrogens is 436 g/mol. The van der Waals surface area contributed by atoms with Crippen LogP contribution < -0.4 is 0 Å². The molecule has 0 aliphatic carbocycles. The van der Waals surface area contributed by atoms with Crippen molar-refractivity contribution in [3.63, 3.8) is 0 Å². The van der Waals surface area contributed by atoms with Gasteiger partial charge in [0, 0.05) is 0 Å². The lowest BCUT2D eigenvalue weighted by Gasteiger charge is -2.20. The topological polar surface area (TPSA) is 52.6 Å². The number of carbonyl (C=O) groups excluding carboxylic acids is 2. The summed E-state index contributed by atoms with van der Waals surface area (Å²) in [5.41, 5.74) is -1.23. The molecule has 0 spiro atoms. The third-order valence-corrected chi connectivity index (χ3v) is 6.98. The molecule has 0 aliphatic heterocycles. The van der Waals surface area contributed by atoms with Gasteiger partial charge in [0.2, 0.25) is 0 Å². The standard InChI is InChI=1S/C31H60O4/c1-5-7-9-11-13-15-16-17-18-20-22-24-26-28-35-30(33)31(3,4)29(32)34-27-25-23-21-19-14-12-10-8-6-2/h5-28H2,1-4H3. The van der Waals surface area contributed by atoms with E-state index in [4.69, 9.17) is 9.47 Å². The predicted octanol–water partition coefficient (Wildman–Crippen LogP) is 9.72. The fraction of sp³-hybridized carbons (Fsp3) is 0.935. The van der Waals surface area contributed by atoms with Gasteiger partial charge in [-0.25, -0.2) is 0 Å². The summed E-state index contributed by atoms with van der Waals surface area (Å²) in [6.45, 7) is 8.51. The van der Waals surface area contributed by atoms with Crippen molar-refractivity contribution in [3.05, 3.63) is 0 Å². The minimum absolute atomic E-state index is 0.393. The summed E-state index contributed by atoms with van der Waals surface area (Å²) >= 11 is 0. The molecule has 0 aromatic heterocycles. The highest BCUT2D eigenvalue weighted by atomic mass is 16.6. The molecule has 0 radical (unpaired) electrons. The van der Waals surface area contributed by atoms with Gasteiger partial charge in [-0.15, -0.1) is 0 Å². The number of hydrogen-bond acceptors (Lipinski definition) is 4. The zero-order valence-corrected chi connectivity index (χ0v) is 24.1. The van der Waals surface area contributed by atoms with Crippen LogP contribution in [0.4, 0.5) is 0 Å². The Kier molecular flexibility index (Phi) is 23.9. The van der Waals surface area contributed by atoms with Crippen LogP contribution in [-0.2, 0) is 19.1 Å². The molecule has 0 aromatic rings. The number of unbranched alkanes of at least 4 members (excludes halogenated alkanes) is 20. The molecule has 0 unspecified atom stereocenters. The van der Waals surface area contributed by atoms with Gasteiger partial charge in [-0.05, 0) is 26.7 Å². The quantitative estimate of drug-likeness (QED) is 0.0679. The molecule has 0 N–H and O–H groups in total. The van der Waals surface area contributed by atoms with Crippen LogP contribution in [0.5, 0.6) is 0 Å². The molecular formula is C31H60O4. The minimum atomic E-state index is -1.23. The fourth-order valence-corrected chi connectivity index (χ4v) is 4.31. The molecule has 0 saturated carbocycles. The lowest BCUT2D eigenvalue weighted by atomic mass is 9.94. The van der Waals surface area contributed by atoms with Crippen LogP contribution in [0.25, 0.3) is 0 Å². The molecule has 0 aromatic carbocycles. The Labute approximate surface area is 218 Å². The highest BCUT2D eigenvalue weighted by Gasteiger charge is 2.39. The Bertz CT molecular complexity index is 486. The van der Waals surface area contributed by atoms with E-state index in [1.165, 1.54) is 116 Å². The summed E-state index contributed by atoms with van der Waals surface area (Å²) in [7, 11) is 0. The van der Waals surface area contributed by atoms with Crippen molar-refractivity contribution in [2.75, 3.05) is 13.2 Å². The first-order valence-electron chi connectivity index (χ1n) is 15.3. The van der Waals surface area contributed by atoms with Crippen LogP contribution in [0.3, 0.4) is 0 Å². The summed E-state index contributed by atoms with van der Waals surface area (Å²) in [5.74, 6) is -0.930. The summed E-state index contributed by atoms with van der Waals surface area (Å²) in [4.78, 5) is 24.8. The van der Waals surface area contributed by atoms with Gasteiger partial charge in [0.1, 0.15) is 0 Å². The van der Waals surface area contributed by atoms with Gasteiger partial charge < -0.3 is 9.47 Å². The van der Waals surface area contributed by atoms with Gasteiger partial charge in [-0.3, -0.25) is 9.59 Å². The van der Waals surface area contributed by atoms with Crippen molar-refractivity contribution < 1.29 is 19.1 Å². The first-order chi connectivity index (χ1) is 17.0. The zero-order chi connectivity index (χ0) is 26.0. The van der Waals surface area contributed by atoms with Gasteiger partial charge in [0.15, 0.2) is 5.41 Å². The van der Waals surface area contributed by atoms with Gasteiger partial charge in [0.25, 0.3) is 0 Å². The highest BCUT2D eigenvalue weighted by Crippen LogP contribution is 2.21. The van der Waals surface area contributed by atoms with Crippen molar-refractivity contribution in [1.82, 2.24) is 0 Å². The van der Waals surface area contributed by atoms with E-state index in [1.54, 1.807) is 13.8 Å². The van der Waals surface area contributed by atoms with Gasteiger partial charge in [0.05, 0.1) is 13.2 Å². The second-order valence-electron chi connectivity index (χ2n) is 11.0. The van der Waals surface area contributed by atoms with Crippen molar-refractivity contribution in [2.24, 2.45) is 5.41 Å². The summed E-state index contributed by atoms with van der Waals surface area (Å²) in [6, 6.07) is 0. The Hall–Kier alpha value is -1.06. The number of hydrogen-bond donors (Lipinski definition) is 0. The predicted molar refractivity (Wildman–Crippen MR) is 149 cm³/mol. The van der Waals surface area contributed by atoms with Gasteiger partial charge in [-0.2, -0.15) is 0 Å². The Morgan fingerprint density at radius 3 is 0.914 bits per heavy atom. The minimum Gasteiger partial charge on any atom is -0.465 e. The van der Waals surface area contributed by atoms with E-state index in [9.17, 15) is 9.59 Å². The fourth-order valence-electron chi connectivity index (χ4n) is 4.31. The maximum absolute atomic E-state index is 12.4. The van der Waals surface area contributed by atoms with Gasteiger partial charge in [-0.1, -0.05) is 142 Å². The zero-order valence-electron chi connectivity index (χ0n) is 24.1. The third kappa shape index (κ3) is 20.8. The van der Waals surface area contributed by atoms with Crippen molar-refractivity contribution in [3.8, 4) is 0 Å². The molecule has 0 amide bonds. The SMILES string of the molecule is CCCCCCCCCCCCCCCOC(=O)C(C)(C)C(=O)OCCCCCCCCCCC. The van der Waals surface area contributed by atoms with Crippen LogP contribution in [0.15, 0.2) is 0 Å². The monoisotopic (exact) mass is 496 g/mol. The number of carbonyl (C=O) groups is 2.